The van der Waals surface area contributed by atoms with E-state index >= 15 is 0 Å². The van der Waals surface area contributed by atoms with Crippen molar-refractivity contribution in [2.75, 3.05) is 33.3 Å². The third kappa shape index (κ3) is 4.70. The number of likely N-dealkylation sites (tertiary alicyclic amines) is 1. The molecule has 0 saturated carbocycles. The number of fused-ring (bicyclic) bond motifs is 2. The Hall–Kier alpha value is -1.88. The van der Waals surface area contributed by atoms with Crippen molar-refractivity contribution in [1.29, 1.82) is 0 Å². The molecule has 0 amide bonds. The van der Waals surface area contributed by atoms with Crippen LogP contribution in [0.25, 0.3) is 0 Å². The van der Waals surface area contributed by atoms with Crippen molar-refractivity contribution in [1.82, 2.24) is 4.90 Å². The summed E-state index contributed by atoms with van der Waals surface area (Å²) >= 11 is 0. The van der Waals surface area contributed by atoms with Gasteiger partial charge in [-0.2, -0.15) is 0 Å². The zero-order valence-electron chi connectivity index (χ0n) is 16.7. The Balaban J connectivity index is 1.64. The number of esters is 1. The van der Waals surface area contributed by atoms with E-state index in [-0.39, 0.29) is 5.97 Å². The predicted molar refractivity (Wildman–Crippen MR) is 109 cm³/mol. The molecule has 1 fully saturated rings. The van der Waals surface area contributed by atoms with E-state index in [1.165, 1.54) is 38.4 Å². The maximum Gasteiger partial charge on any atom is 0.305 e. The Morgan fingerprint density at radius 3 is 2.74 bits per heavy atom. The molecule has 0 unspecified atom stereocenters. The molecule has 1 saturated heterocycles. The van der Waals surface area contributed by atoms with Crippen LogP contribution in [-0.2, 0) is 14.9 Å². The molecule has 1 aliphatic heterocycles. The quantitative estimate of drug-likeness (QED) is 0.474. The third-order valence-corrected chi connectivity index (χ3v) is 6.40. The van der Waals surface area contributed by atoms with Gasteiger partial charge in [0, 0.05) is 18.9 Å². The summed E-state index contributed by atoms with van der Waals surface area (Å²) in [4.78, 5) is 18.3. The molecule has 1 aromatic carbocycles. The number of rotatable bonds is 6. The van der Waals surface area contributed by atoms with E-state index in [2.05, 4.69) is 34.2 Å². The van der Waals surface area contributed by atoms with E-state index in [4.69, 9.17) is 10.5 Å². The molecule has 0 bridgehead atoms. The van der Waals surface area contributed by atoms with E-state index in [1.54, 1.807) is 5.56 Å². The number of nitrogens with zero attached hydrogens (tertiary/aromatic N) is 2. The zero-order valence-corrected chi connectivity index (χ0v) is 16.7. The van der Waals surface area contributed by atoms with Gasteiger partial charge in [0.15, 0.2) is 0 Å². The lowest BCUT2D eigenvalue weighted by molar-refractivity contribution is -0.140. The lowest BCUT2D eigenvalue weighted by atomic mass is 9.62. The van der Waals surface area contributed by atoms with Crippen molar-refractivity contribution in [2.45, 2.75) is 56.8 Å². The maximum absolute atomic E-state index is 11.3. The first kappa shape index (κ1) is 19.9. The van der Waals surface area contributed by atoms with Crippen molar-refractivity contribution in [3.8, 4) is 0 Å². The summed E-state index contributed by atoms with van der Waals surface area (Å²) in [5.74, 6) is 1.06. The maximum atomic E-state index is 11.3. The number of amidine groups is 1. The summed E-state index contributed by atoms with van der Waals surface area (Å²) in [5, 5.41) is 0. The van der Waals surface area contributed by atoms with E-state index in [0.717, 1.165) is 32.6 Å². The van der Waals surface area contributed by atoms with Crippen LogP contribution in [-0.4, -0.2) is 50.0 Å². The minimum Gasteiger partial charge on any atom is -0.469 e. The molecule has 2 N–H and O–H groups in total. The molecule has 0 aromatic heterocycles. The van der Waals surface area contributed by atoms with Gasteiger partial charge >= 0.3 is 5.97 Å². The Kier molecular flexibility index (Phi) is 6.53. The minimum atomic E-state index is -0.105. The Morgan fingerprint density at radius 1 is 1.30 bits per heavy atom. The number of aliphatic imine (C=N–C) groups is 1. The first-order valence-corrected chi connectivity index (χ1v) is 10.2. The number of hydrogen-bond donors (Lipinski definition) is 1. The fourth-order valence-electron chi connectivity index (χ4n) is 4.79. The van der Waals surface area contributed by atoms with Gasteiger partial charge in [-0.1, -0.05) is 24.3 Å². The molecule has 27 heavy (non-hydrogen) atoms. The average Bonchev–Trinajstić information content (AvgIpc) is 2.69. The van der Waals surface area contributed by atoms with Crippen LogP contribution in [0, 0.1) is 0 Å². The minimum absolute atomic E-state index is 0.105. The Bertz CT molecular complexity index is 674. The normalized spacial score (nSPS) is 22.4. The van der Waals surface area contributed by atoms with Crippen molar-refractivity contribution in [2.24, 2.45) is 10.7 Å². The third-order valence-electron chi connectivity index (χ3n) is 6.40. The highest BCUT2D eigenvalue weighted by Gasteiger charge is 2.41. The van der Waals surface area contributed by atoms with Crippen LogP contribution in [0.2, 0.25) is 0 Å². The molecule has 5 nitrogen and oxygen atoms in total. The second-order valence-electron chi connectivity index (χ2n) is 8.11. The van der Waals surface area contributed by atoms with Crippen LogP contribution >= 0.6 is 0 Å². The molecule has 1 aliphatic carbocycles. The van der Waals surface area contributed by atoms with Crippen LogP contribution in [0.5, 0.6) is 0 Å². The molecule has 1 atom stereocenters. The monoisotopic (exact) mass is 371 g/mol. The van der Waals surface area contributed by atoms with Crippen LogP contribution in [0.4, 0.5) is 0 Å². The molecule has 1 spiro atoms. The number of hydrogen-bond acceptors (Lipinski definition) is 4. The number of piperidine rings is 1. The van der Waals surface area contributed by atoms with E-state index in [0.29, 0.717) is 23.6 Å². The topological polar surface area (TPSA) is 67.9 Å². The fraction of sp³-hybridized carbons (Fsp3) is 0.636. The Morgan fingerprint density at radius 2 is 2.04 bits per heavy atom. The first-order chi connectivity index (χ1) is 13.0. The van der Waals surface area contributed by atoms with Crippen molar-refractivity contribution in [3.63, 3.8) is 0 Å². The molecule has 0 radical (unpaired) electrons. The molecule has 2 aliphatic rings. The molecule has 148 valence electrons. The summed E-state index contributed by atoms with van der Waals surface area (Å²) in [7, 11) is 1.46. The second-order valence-corrected chi connectivity index (χ2v) is 8.11. The standard InChI is InChI=1S/C22H33N3O2/c1-17(23)24-16-18-9-10-22(20-7-4-3-6-19(18)20)11-14-25(15-12-22)13-5-8-21(26)27-2/h3-4,6-7,18H,5,8-16H2,1-2H3,(H2,23,24)/t18-/m1/s1. The largest absolute Gasteiger partial charge is 0.469 e. The van der Waals surface area contributed by atoms with Gasteiger partial charge in [-0.3, -0.25) is 9.79 Å². The molecule has 5 heteroatoms. The van der Waals surface area contributed by atoms with Gasteiger partial charge in [0.05, 0.1) is 12.9 Å². The van der Waals surface area contributed by atoms with Gasteiger partial charge in [-0.05, 0) is 75.2 Å². The van der Waals surface area contributed by atoms with Crippen LogP contribution in [0.3, 0.4) is 0 Å². The highest BCUT2D eigenvalue weighted by Crippen LogP contribution is 2.48. The van der Waals surface area contributed by atoms with Crippen LogP contribution in [0.15, 0.2) is 29.3 Å². The van der Waals surface area contributed by atoms with Gasteiger partial charge in [0.1, 0.15) is 0 Å². The molecule has 1 aromatic rings. The smallest absolute Gasteiger partial charge is 0.305 e. The van der Waals surface area contributed by atoms with Gasteiger partial charge in [-0.25, -0.2) is 0 Å². The number of nitrogens with two attached hydrogens (primary N) is 1. The van der Waals surface area contributed by atoms with Crippen LogP contribution in [0.1, 0.15) is 62.5 Å². The van der Waals surface area contributed by atoms with Gasteiger partial charge in [-0.15, -0.1) is 0 Å². The van der Waals surface area contributed by atoms with E-state index in [1.807, 2.05) is 6.92 Å². The summed E-state index contributed by atoms with van der Waals surface area (Å²) < 4.78 is 4.74. The number of methoxy groups -OCH3 is 1. The molecular weight excluding hydrogens is 338 g/mol. The van der Waals surface area contributed by atoms with Crippen LogP contribution < -0.4 is 5.73 Å². The zero-order chi connectivity index (χ0) is 19.3. The summed E-state index contributed by atoms with van der Waals surface area (Å²) in [5.41, 5.74) is 9.10. The molecule has 1 heterocycles. The molecular formula is C22H33N3O2. The van der Waals surface area contributed by atoms with Gasteiger partial charge in [0.25, 0.3) is 0 Å². The highest BCUT2D eigenvalue weighted by molar-refractivity contribution is 5.77. The SMILES string of the molecule is COC(=O)CCCN1CCC2(CC[C@H](CN=C(C)N)c3ccccc32)CC1. The fourth-order valence-corrected chi connectivity index (χ4v) is 4.79. The first-order valence-electron chi connectivity index (χ1n) is 10.2. The highest BCUT2D eigenvalue weighted by atomic mass is 16.5. The van der Waals surface area contributed by atoms with Crippen molar-refractivity contribution in [3.05, 3.63) is 35.4 Å². The van der Waals surface area contributed by atoms with Crippen molar-refractivity contribution < 1.29 is 9.53 Å². The molecule has 3 rings (SSSR count). The number of ether oxygens (including phenoxy) is 1. The van der Waals surface area contributed by atoms with E-state index in [9.17, 15) is 4.79 Å². The summed E-state index contributed by atoms with van der Waals surface area (Å²) in [6.07, 6.45) is 6.24. The van der Waals surface area contributed by atoms with E-state index < -0.39 is 0 Å². The number of carbonyl (C=O) groups is 1. The average molecular weight is 372 g/mol. The summed E-state index contributed by atoms with van der Waals surface area (Å²) in [6.45, 7) is 5.88. The van der Waals surface area contributed by atoms with Crippen molar-refractivity contribution >= 4 is 11.8 Å². The lowest BCUT2D eigenvalue weighted by Crippen LogP contribution is -2.45. The number of carbonyl (C=O) groups excluding carboxylic acids is 1. The predicted octanol–water partition coefficient (Wildman–Crippen LogP) is 3.23. The lowest BCUT2D eigenvalue weighted by Gasteiger charge is -2.47. The Labute approximate surface area is 163 Å². The van der Waals surface area contributed by atoms with Gasteiger partial charge in [0.2, 0.25) is 0 Å². The number of benzene rings is 1. The second kappa shape index (κ2) is 8.87. The van der Waals surface area contributed by atoms with Gasteiger partial charge < -0.3 is 15.4 Å². The summed E-state index contributed by atoms with van der Waals surface area (Å²) in [6, 6.07) is 8.98.